The quantitative estimate of drug-likeness (QED) is 0.0695. The SMILES string of the molecule is CC.[B]C(=O)CCCCCSCNC(=O)CNC(=O)CNC(=O)CNC(=O)CCN1C(=O)CC(SC(C)C)C1=O. The number of carbonyl (C=O) groups excluding carboxylic acids is 7. The van der Waals surface area contributed by atoms with E-state index >= 15 is 0 Å². The molecule has 1 unspecified atom stereocenters. The summed E-state index contributed by atoms with van der Waals surface area (Å²) in [5, 5.41) is 9.51. The summed E-state index contributed by atoms with van der Waals surface area (Å²) in [5.41, 5.74) is -0.310. The van der Waals surface area contributed by atoms with E-state index in [1.807, 2.05) is 27.7 Å². The van der Waals surface area contributed by atoms with Crippen LogP contribution in [0.4, 0.5) is 0 Å². The van der Waals surface area contributed by atoms with Crippen molar-refractivity contribution in [1.29, 1.82) is 0 Å². The molecule has 0 spiro atoms. The lowest BCUT2D eigenvalue weighted by molar-refractivity contribution is -0.139. The fourth-order valence-electron chi connectivity index (χ4n) is 3.23. The molecule has 1 aliphatic heterocycles. The predicted octanol–water partition coefficient (Wildman–Crippen LogP) is 0.0828. The molecule has 0 aliphatic carbocycles. The summed E-state index contributed by atoms with van der Waals surface area (Å²) >= 11 is 2.93. The van der Waals surface area contributed by atoms with Crippen molar-refractivity contribution in [2.75, 3.05) is 37.8 Å². The number of thioether (sulfide) groups is 2. The first-order valence-electron chi connectivity index (χ1n) is 13.4. The lowest BCUT2D eigenvalue weighted by atomic mass is 9.97. The molecule has 6 amide bonds. The third-order valence-electron chi connectivity index (χ3n) is 5.12. The second-order valence-electron chi connectivity index (χ2n) is 8.77. The van der Waals surface area contributed by atoms with Crippen LogP contribution in [0, 0.1) is 0 Å². The third kappa shape index (κ3) is 17.9. The minimum Gasteiger partial charge on any atom is -0.347 e. The summed E-state index contributed by atoms with van der Waals surface area (Å²) in [6.45, 7) is 6.84. The number of imide groups is 1. The van der Waals surface area contributed by atoms with Gasteiger partial charge in [-0.2, -0.15) is 0 Å². The maximum Gasteiger partial charge on any atom is 0.242 e. The van der Waals surface area contributed by atoms with E-state index in [-0.39, 0.29) is 67.7 Å². The molecule has 0 bridgehead atoms. The largest absolute Gasteiger partial charge is 0.347 e. The van der Waals surface area contributed by atoms with Crippen LogP contribution in [0.15, 0.2) is 0 Å². The van der Waals surface area contributed by atoms with Crippen LogP contribution in [0.3, 0.4) is 0 Å². The number of likely N-dealkylation sites (tertiary alicyclic amines) is 1. The first-order valence-corrected chi connectivity index (χ1v) is 15.5. The molecule has 0 saturated carbocycles. The van der Waals surface area contributed by atoms with E-state index < -0.39 is 23.0 Å². The van der Waals surface area contributed by atoms with E-state index in [1.54, 1.807) is 0 Å². The van der Waals surface area contributed by atoms with E-state index in [0.717, 1.165) is 29.9 Å². The molecule has 15 heteroatoms. The van der Waals surface area contributed by atoms with Gasteiger partial charge < -0.3 is 26.1 Å². The van der Waals surface area contributed by atoms with Gasteiger partial charge in [-0.15, -0.1) is 23.5 Å². The standard InChI is InChI=1S/C23H36BN5O7S2.C2H6/c1-15(2)38-16-10-22(35)29(23(16)36)8-7-18(31)25-11-19(32)26-12-20(33)27-13-21(34)28-14-37-9-5-3-4-6-17(24)30;1-2/h15-16H,3-14H2,1-2H3,(H,25,31)(H,26,32)(H,27,33)(H,28,34);1-2H3. The van der Waals surface area contributed by atoms with Gasteiger partial charge in [-0.1, -0.05) is 34.1 Å². The minimum absolute atomic E-state index is 0.0553. The lowest BCUT2D eigenvalue weighted by Crippen LogP contribution is -2.44. The minimum atomic E-state index is -0.605. The van der Waals surface area contributed by atoms with Crippen LogP contribution >= 0.6 is 23.5 Å². The zero-order valence-electron chi connectivity index (χ0n) is 23.8. The Morgan fingerprint density at radius 1 is 0.850 bits per heavy atom. The van der Waals surface area contributed by atoms with Crippen molar-refractivity contribution >= 4 is 72.5 Å². The zero-order chi connectivity index (χ0) is 30.5. The smallest absolute Gasteiger partial charge is 0.242 e. The Bertz CT molecular complexity index is 876. The predicted molar refractivity (Wildman–Crippen MR) is 158 cm³/mol. The fraction of sp³-hybridized carbons (Fsp3) is 0.720. The molecular formula is C25H42BN5O7S2. The van der Waals surface area contributed by atoms with E-state index in [9.17, 15) is 33.6 Å². The lowest BCUT2D eigenvalue weighted by Gasteiger charge is -2.15. The maximum atomic E-state index is 12.3. The molecule has 224 valence electrons. The number of nitrogens with one attached hydrogen (secondary N) is 4. The average Bonchev–Trinajstić information content (AvgIpc) is 3.17. The van der Waals surface area contributed by atoms with Gasteiger partial charge in [-0.05, 0) is 30.3 Å². The molecule has 1 aliphatic rings. The third-order valence-corrected chi connectivity index (χ3v) is 7.29. The molecule has 0 aromatic heterocycles. The molecule has 1 heterocycles. The van der Waals surface area contributed by atoms with E-state index in [1.165, 1.54) is 23.5 Å². The van der Waals surface area contributed by atoms with Gasteiger partial charge in [-0.3, -0.25) is 33.7 Å². The monoisotopic (exact) mass is 599 g/mol. The average molecular weight is 600 g/mol. The fourth-order valence-corrected chi connectivity index (χ4v) is 5.19. The molecular weight excluding hydrogens is 557 g/mol. The van der Waals surface area contributed by atoms with Crippen LogP contribution in [0.5, 0.6) is 0 Å². The first-order chi connectivity index (χ1) is 19.0. The summed E-state index contributed by atoms with van der Waals surface area (Å²) in [6, 6.07) is 0. The summed E-state index contributed by atoms with van der Waals surface area (Å²) < 4.78 is 0. The number of carbonyl (C=O) groups is 7. The molecule has 1 fully saturated rings. The summed E-state index contributed by atoms with van der Waals surface area (Å²) in [7, 11) is 5.07. The number of hydrogen-bond donors (Lipinski definition) is 4. The van der Waals surface area contributed by atoms with Gasteiger partial charge >= 0.3 is 0 Å². The van der Waals surface area contributed by atoms with Crippen LogP contribution in [0.2, 0.25) is 0 Å². The Morgan fingerprint density at radius 2 is 1.40 bits per heavy atom. The van der Waals surface area contributed by atoms with Crippen molar-refractivity contribution in [2.45, 2.75) is 76.7 Å². The highest BCUT2D eigenvalue weighted by Gasteiger charge is 2.39. The summed E-state index contributed by atoms with van der Waals surface area (Å²) in [5.74, 6) is -1.46. The Balaban J connectivity index is 0.00000742. The molecule has 0 aromatic carbocycles. The zero-order valence-corrected chi connectivity index (χ0v) is 25.5. The molecule has 40 heavy (non-hydrogen) atoms. The van der Waals surface area contributed by atoms with Crippen LogP contribution in [0.25, 0.3) is 0 Å². The Labute approximate surface area is 246 Å². The van der Waals surface area contributed by atoms with Crippen molar-refractivity contribution < 1.29 is 33.6 Å². The van der Waals surface area contributed by atoms with Gasteiger partial charge in [0.1, 0.15) is 0 Å². The van der Waals surface area contributed by atoms with Crippen molar-refractivity contribution in [2.24, 2.45) is 0 Å². The summed E-state index contributed by atoms with van der Waals surface area (Å²) in [6.07, 6.45) is 2.90. The molecule has 12 nitrogen and oxygen atoms in total. The first kappa shape index (κ1) is 37.5. The highest BCUT2D eigenvalue weighted by atomic mass is 32.2. The molecule has 1 rings (SSSR count). The normalized spacial score (nSPS) is 14.3. The van der Waals surface area contributed by atoms with E-state index in [0.29, 0.717) is 12.3 Å². The van der Waals surface area contributed by atoms with Crippen LogP contribution in [0.1, 0.15) is 66.2 Å². The van der Waals surface area contributed by atoms with Gasteiger partial charge in [0, 0.05) is 19.4 Å². The second kappa shape index (κ2) is 22.2. The van der Waals surface area contributed by atoms with Crippen molar-refractivity contribution in [3.8, 4) is 0 Å². The Hall–Kier alpha value is -2.55. The second-order valence-corrected chi connectivity index (χ2v) is 11.7. The number of nitrogens with zero attached hydrogens (tertiary/aromatic N) is 1. The number of amides is 6. The maximum absolute atomic E-state index is 12.3. The highest BCUT2D eigenvalue weighted by Crippen LogP contribution is 2.28. The van der Waals surface area contributed by atoms with Crippen molar-refractivity contribution in [3.63, 3.8) is 0 Å². The Kier molecular flexibility index (Phi) is 20.8. The van der Waals surface area contributed by atoms with Gasteiger partial charge in [0.15, 0.2) is 7.85 Å². The number of rotatable bonds is 19. The van der Waals surface area contributed by atoms with Gasteiger partial charge in [0.05, 0.1) is 36.4 Å². The van der Waals surface area contributed by atoms with Crippen LogP contribution in [-0.2, 0) is 33.6 Å². The molecule has 0 aromatic rings. The topological polar surface area (TPSA) is 171 Å². The van der Waals surface area contributed by atoms with Gasteiger partial charge in [-0.25, -0.2) is 0 Å². The van der Waals surface area contributed by atoms with Crippen LogP contribution in [-0.4, -0.2) is 102 Å². The van der Waals surface area contributed by atoms with E-state index in [4.69, 9.17) is 7.85 Å². The Morgan fingerprint density at radius 3 is 1.95 bits per heavy atom. The van der Waals surface area contributed by atoms with Gasteiger partial charge in [0.2, 0.25) is 35.4 Å². The van der Waals surface area contributed by atoms with E-state index in [2.05, 4.69) is 21.3 Å². The van der Waals surface area contributed by atoms with Gasteiger partial charge in [0.25, 0.3) is 0 Å². The highest BCUT2D eigenvalue weighted by molar-refractivity contribution is 8.01. The number of unbranched alkanes of at least 4 members (excludes halogenated alkanes) is 2. The molecule has 2 radical (unpaired) electrons. The molecule has 1 atom stereocenters. The molecule has 1 saturated heterocycles. The number of hydrogen-bond acceptors (Lipinski definition) is 9. The van der Waals surface area contributed by atoms with Crippen LogP contribution < -0.4 is 21.3 Å². The summed E-state index contributed by atoms with van der Waals surface area (Å²) in [4.78, 5) is 83.5. The molecule has 4 N–H and O–H groups in total. The van der Waals surface area contributed by atoms with Crippen molar-refractivity contribution in [3.05, 3.63) is 0 Å². The van der Waals surface area contributed by atoms with Crippen molar-refractivity contribution in [1.82, 2.24) is 26.2 Å².